The number of carbonyl (C=O) groups is 3. The first-order valence-corrected chi connectivity index (χ1v) is 5.42. The van der Waals surface area contributed by atoms with Crippen molar-refractivity contribution in [3.8, 4) is 0 Å². The van der Waals surface area contributed by atoms with E-state index >= 15 is 0 Å². The molecule has 1 saturated heterocycles. The minimum Gasteiger partial charge on any atom is -0.469 e. The van der Waals surface area contributed by atoms with Gasteiger partial charge in [-0.1, -0.05) is 0 Å². The third-order valence-corrected chi connectivity index (χ3v) is 2.72. The zero-order valence-corrected chi connectivity index (χ0v) is 9.77. The van der Waals surface area contributed by atoms with Crippen LogP contribution in [0.1, 0.15) is 12.8 Å². The van der Waals surface area contributed by atoms with E-state index in [0.29, 0.717) is 13.1 Å². The highest BCUT2D eigenvalue weighted by Gasteiger charge is 2.28. The van der Waals surface area contributed by atoms with Crippen LogP contribution in [0.3, 0.4) is 0 Å². The number of hydrogen-bond acceptors (Lipinski definition) is 5. The Bertz CT molecular complexity index is 319. The summed E-state index contributed by atoms with van der Waals surface area (Å²) in [7, 11) is 1.37. The van der Waals surface area contributed by atoms with Crippen LogP contribution in [-0.2, 0) is 14.3 Å². The standard InChI is InChI=1S/C10H17N3O4/c1-17-9(15)7-2-4-13(6-7)5-3-8(14)12-10(11)16/h7H,2-6H2,1H3,(H3,11,12,14,16). The molecule has 1 atom stereocenters. The molecular weight excluding hydrogens is 226 g/mol. The van der Waals surface area contributed by atoms with Gasteiger partial charge in [0, 0.05) is 19.5 Å². The molecule has 0 saturated carbocycles. The highest BCUT2D eigenvalue weighted by molar-refractivity contribution is 5.93. The normalized spacial score (nSPS) is 19.9. The summed E-state index contributed by atoms with van der Waals surface area (Å²) < 4.78 is 4.65. The molecule has 1 rings (SSSR count). The Hall–Kier alpha value is -1.63. The monoisotopic (exact) mass is 243 g/mol. The average molecular weight is 243 g/mol. The summed E-state index contributed by atoms with van der Waals surface area (Å²) in [5, 5.41) is 1.99. The van der Waals surface area contributed by atoms with Crippen molar-refractivity contribution in [2.45, 2.75) is 12.8 Å². The largest absolute Gasteiger partial charge is 0.469 e. The van der Waals surface area contributed by atoms with Crippen LogP contribution >= 0.6 is 0 Å². The summed E-state index contributed by atoms with van der Waals surface area (Å²) >= 11 is 0. The summed E-state index contributed by atoms with van der Waals surface area (Å²) in [6.07, 6.45) is 0.931. The van der Waals surface area contributed by atoms with E-state index in [1.807, 2.05) is 10.2 Å². The molecule has 96 valence electrons. The zero-order valence-electron chi connectivity index (χ0n) is 9.77. The maximum atomic E-state index is 11.3. The van der Waals surface area contributed by atoms with E-state index in [4.69, 9.17) is 5.73 Å². The minimum absolute atomic E-state index is 0.112. The lowest BCUT2D eigenvalue weighted by Gasteiger charge is -2.14. The molecule has 1 heterocycles. The molecule has 1 aliphatic rings. The van der Waals surface area contributed by atoms with Crippen LogP contribution in [0.4, 0.5) is 4.79 Å². The predicted octanol–water partition coefficient (Wildman–Crippen LogP) is -0.934. The molecule has 7 heteroatoms. The summed E-state index contributed by atoms with van der Waals surface area (Å²) in [6.45, 7) is 1.85. The van der Waals surface area contributed by atoms with Crippen LogP contribution in [0.25, 0.3) is 0 Å². The molecule has 7 nitrogen and oxygen atoms in total. The van der Waals surface area contributed by atoms with Gasteiger partial charge in [-0.25, -0.2) is 4.79 Å². The van der Waals surface area contributed by atoms with Crippen LogP contribution in [0.2, 0.25) is 0 Å². The van der Waals surface area contributed by atoms with Crippen molar-refractivity contribution in [3.63, 3.8) is 0 Å². The molecule has 1 unspecified atom stereocenters. The second kappa shape index (κ2) is 6.19. The molecule has 17 heavy (non-hydrogen) atoms. The number of primary amides is 1. The molecule has 0 aliphatic carbocycles. The molecule has 0 spiro atoms. The number of carbonyl (C=O) groups excluding carboxylic acids is 3. The van der Waals surface area contributed by atoms with Gasteiger partial charge in [-0.2, -0.15) is 0 Å². The zero-order chi connectivity index (χ0) is 12.8. The third-order valence-electron chi connectivity index (χ3n) is 2.72. The van der Waals surface area contributed by atoms with Crippen molar-refractivity contribution in [1.29, 1.82) is 0 Å². The molecule has 1 fully saturated rings. The van der Waals surface area contributed by atoms with E-state index in [1.54, 1.807) is 0 Å². The molecule has 3 N–H and O–H groups in total. The lowest BCUT2D eigenvalue weighted by Crippen LogP contribution is -2.37. The van der Waals surface area contributed by atoms with Gasteiger partial charge in [-0.3, -0.25) is 14.9 Å². The number of nitrogens with zero attached hydrogens (tertiary/aromatic N) is 1. The van der Waals surface area contributed by atoms with Gasteiger partial charge in [0.1, 0.15) is 0 Å². The number of ether oxygens (including phenoxy) is 1. The molecule has 0 aromatic rings. The molecular formula is C10H17N3O4. The molecule has 3 amide bonds. The van der Waals surface area contributed by atoms with Gasteiger partial charge < -0.3 is 15.4 Å². The maximum Gasteiger partial charge on any atom is 0.318 e. The van der Waals surface area contributed by atoms with Crippen molar-refractivity contribution >= 4 is 17.9 Å². The topological polar surface area (TPSA) is 102 Å². The van der Waals surface area contributed by atoms with E-state index in [1.165, 1.54) is 7.11 Å². The number of rotatable bonds is 4. The Morgan fingerprint density at radius 2 is 2.18 bits per heavy atom. The fourth-order valence-electron chi connectivity index (χ4n) is 1.85. The minimum atomic E-state index is -0.844. The average Bonchev–Trinajstić information content (AvgIpc) is 2.73. The van der Waals surface area contributed by atoms with Gasteiger partial charge in [0.15, 0.2) is 0 Å². The van der Waals surface area contributed by atoms with Crippen LogP contribution in [0.15, 0.2) is 0 Å². The lowest BCUT2D eigenvalue weighted by atomic mass is 10.1. The van der Waals surface area contributed by atoms with Crippen molar-refractivity contribution in [3.05, 3.63) is 0 Å². The van der Waals surface area contributed by atoms with Gasteiger partial charge in [0.25, 0.3) is 0 Å². The van der Waals surface area contributed by atoms with Crippen molar-refractivity contribution in [2.24, 2.45) is 11.7 Å². The summed E-state index contributed by atoms with van der Waals surface area (Å²) in [4.78, 5) is 34.8. The first kappa shape index (κ1) is 13.4. The number of amides is 3. The first-order chi connectivity index (χ1) is 8.02. The Balaban J connectivity index is 2.24. The maximum absolute atomic E-state index is 11.3. The van der Waals surface area contributed by atoms with E-state index in [9.17, 15) is 14.4 Å². The van der Waals surface area contributed by atoms with Crippen LogP contribution in [0.5, 0.6) is 0 Å². The predicted molar refractivity (Wildman–Crippen MR) is 58.9 cm³/mol. The quantitative estimate of drug-likeness (QED) is 0.621. The van der Waals surface area contributed by atoms with Gasteiger partial charge in [0.2, 0.25) is 5.91 Å². The second-order valence-electron chi connectivity index (χ2n) is 3.97. The number of esters is 1. The smallest absolute Gasteiger partial charge is 0.318 e. The molecule has 0 bridgehead atoms. The first-order valence-electron chi connectivity index (χ1n) is 5.42. The van der Waals surface area contributed by atoms with Gasteiger partial charge in [-0.15, -0.1) is 0 Å². The highest BCUT2D eigenvalue weighted by Crippen LogP contribution is 2.17. The van der Waals surface area contributed by atoms with Gasteiger partial charge in [0.05, 0.1) is 13.0 Å². The Morgan fingerprint density at radius 1 is 1.47 bits per heavy atom. The van der Waals surface area contributed by atoms with E-state index in [2.05, 4.69) is 4.74 Å². The number of imide groups is 1. The summed E-state index contributed by atoms with van der Waals surface area (Å²) in [5.41, 5.74) is 4.81. The number of urea groups is 1. The van der Waals surface area contributed by atoms with Crippen LogP contribution < -0.4 is 11.1 Å². The highest BCUT2D eigenvalue weighted by atomic mass is 16.5. The van der Waals surface area contributed by atoms with E-state index < -0.39 is 11.9 Å². The van der Waals surface area contributed by atoms with Crippen LogP contribution in [-0.4, -0.2) is 49.6 Å². The van der Waals surface area contributed by atoms with Crippen LogP contribution in [0, 0.1) is 5.92 Å². The molecule has 0 aromatic carbocycles. The lowest BCUT2D eigenvalue weighted by molar-refractivity contribution is -0.144. The van der Waals surface area contributed by atoms with E-state index in [-0.39, 0.29) is 18.3 Å². The Labute approximate surface area is 99.3 Å². The molecule has 1 aliphatic heterocycles. The number of nitrogens with one attached hydrogen (secondary N) is 1. The Morgan fingerprint density at radius 3 is 2.76 bits per heavy atom. The fourth-order valence-corrected chi connectivity index (χ4v) is 1.85. The van der Waals surface area contributed by atoms with E-state index in [0.717, 1.165) is 13.0 Å². The summed E-state index contributed by atoms with van der Waals surface area (Å²) in [6, 6.07) is -0.844. The number of methoxy groups -OCH3 is 1. The van der Waals surface area contributed by atoms with Gasteiger partial charge in [-0.05, 0) is 13.0 Å². The number of nitrogens with two attached hydrogens (primary N) is 1. The van der Waals surface area contributed by atoms with Crippen molar-refractivity contribution in [1.82, 2.24) is 10.2 Å². The van der Waals surface area contributed by atoms with Crippen molar-refractivity contribution < 1.29 is 19.1 Å². The molecule has 0 radical (unpaired) electrons. The van der Waals surface area contributed by atoms with Gasteiger partial charge >= 0.3 is 12.0 Å². The SMILES string of the molecule is COC(=O)C1CCN(CCC(=O)NC(N)=O)C1. The molecule has 0 aromatic heterocycles. The summed E-state index contributed by atoms with van der Waals surface area (Å²) in [5.74, 6) is -0.729. The van der Waals surface area contributed by atoms with Crippen molar-refractivity contribution in [2.75, 3.05) is 26.7 Å². The second-order valence-corrected chi connectivity index (χ2v) is 3.97. The third kappa shape index (κ3) is 4.39. The number of hydrogen-bond donors (Lipinski definition) is 2. The fraction of sp³-hybridized carbons (Fsp3) is 0.700. The Kier molecular flexibility index (Phi) is 4.89. The number of likely N-dealkylation sites (tertiary alicyclic amines) is 1.